The molecule has 1 atom stereocenters. The van der Waals surface area contributed by atoms with Crippen molar-refractivity contribution >= 4 is 0 Å². The number of rotatable bonds is 3. The zero-order valence-electron chi connectivity index (χ0n) is 10.9. The topological polar surface area (TPSA) is 67.6 Å². The number of nitriles is 1. The van der Waals surface area contributed by atoms with Crippen LogP contribution in [0.15, 0.2) is 30.7 Å². The van der Waals surface area contributed by atoms with Gasteiger partial charge in [0.05, 0.1) is 11.9 Å². The molecule has 2 rings (SSSR count). The number of benzene rings is 1. The van der Waals surface area contributed by atoms with E-state index in [0.29, 0.717) is 12.0 Å². The molecule has 0 radical (unpaired) electrons. The van der Waals surface area contributed by atoms with Crippen LogP contribution in [0.2, 0.25) is 0 Å². The molecule has 5 heteroatoms. The second kappa shape index (κ2) is 4.82. The molecule has 19 heavy (non-hydrogen) atoms. The lowest BCUT2D eigenvalue weighted by molar-refractivity contribution is 0.473. The number of nitrogens with two attached hydrogens (primary N) is 1. The maximum atomic E-state index is 13.6. The standard InChI is InChI=1S/C14H15FN4/c1-14(17,6-12-8-18-9-19(12)2)11-4-3-10(7-16)13(15)5-11/h3-5,8-9H,6,17H2,1-2H3. The Morgan fingerprint density at radius 2 is 2.26 bits per heavy atom. The molecule has 0 aliphatic heterocycles. The molecule has 0 aliphatic rings. The van der Waals surface area contributed by atoms with Crippen LogP contribution in [0.25, 0.3) is 0 Å². The van der Waals surface area contributed by atoms with Gasteiger partial charge in [0.25, 0.3) is 0 Å². The molecular formula is C14H15FN4. The predicted octanol–water partition coefficient (Wildman–Crippen LogP) is 1.85. The summed E-state index contributed by atoms with van der Waals surface area (Å²) in [7, 11) is 1.89. The summed E-state index contributed by atoms with van der Waals surface area (Å²) in [5.74, 6) is -0.540. The second-order valence-electron chi connectivity index (χ2n) is 4.90. The van der Waals surface area contributed by atoms with Gasteiger partial charge in [-0.3, -0.25) is 0 Å². The molecule has 1 aromatic heterocycles. The first-order chi connectivity index (χ1) is 8.94. The van der Waals surface area contributed by atoms with Gasteiger partial charge in [0.15, 0.2) is 0 Å². The van der Waals surface area contributed by atoms with Gasteiger partial charge in [-0.1, -0.05) is 6.07 Å². The van der Waals surface area contributed by atoms with Gasteiger partial charge < -0.3 is 10.3 Å². The maximum Gasteiger partial charge on any atom is 0.141 e. The van der Waals surface area contributed by atoms with E-state index in [-0.39, 0.29) is 5.56 Å². The number of aryl methyl sites for hydroxylation is 1. The van der Waals surface area contributed by atoms with Crippen molar-refractivity contribution in [2.45, 2.75) is 18.9 Å². The molecule has 1 unspecified atom stereocenters. The van der Waals surface area contributed by atoms with E-state index >= 15 is 0 Å². The fourth-order valence-electron chi connectivity index (χ4n) is 1.99. The third kappa shape index (κ3) is 2.64. The molecule has 1 heterocycles. The van der Waals surface area contributed by atoms with E-state index < -0.39 is 11.4 Å². The van der Waals surface area contributed by atoms with Gasteiger partial charge in [-0.05, 0) is 24.6 Å². The third-order valence-corrected chi connectivity index (χ3v) is 3.21. The van der Waals surface area contributed by atoms with Gasteiger partial charge in [0, 0.05) is 30.9 Å². The summed E-state index contributed by atoms with van der Waals surface area (Å²) in [6, 6.07) is 6.28. The molecular weight excluding hydrogens is 243 g/mol. The van der Waals surface area contributed by atoms with Crippen molar-refractivity contribution in [3.8, 4) is 6.07 Å². The Bertz CT molecular complexity index is 637. The molecule has 2 aromatic rings. The van der Waals surface area contributed by atoms with Crippen molar-refractivity contribution in [3.63, 3.8) is 0 Å². The maximum absolute atomic E-state index is 13.6. The zero-order valence-corrected chi connectivity index (χ0v) is 10.9. The van der Waals surface area contributed by atoms with Crippen molar-refractivity contribution in [2.24, 2.45) is 12.8 Å². The Balaban J connectivity index is 2.32. The molecule has 2 N–H and O–H groups in total. The van der Waals surface area contributed by atoms with Gasteiger partial charge in [-0.25, -0.2) is 9.37 Å². The summed E-state index contributed by atoms with van der Waals surface area (Å²) in [6.45, 7) is 1.83. The van der Waals surface area contributed by atoms with Crippen LogP contribution in [0.5, 0.6) is 0 Å². The molecule has 0 fully saturated rings. The lowest BCUT2D eigenvalue weighted by Gasteiger charge is -2.25. The summed E-state index contributed by atoms with van der Waals surface area (Å²) in [5, 5.41) is 8.72. The summed E-state index contributed by atoms with van der Waals surface area (Å²) >= 11 is 0. The first kappa shape index (κ1) is 13.2. The van der Waals surface area contributed by atoms with E-state index in [1.807, 2.05) is 18.5 Å². The highest BCUT2D eigenvalue weighted by molar-refractivity contribution is 5.36. The Labute approximate surface area is 111 Å². The number of aromatic nitrogens is 2. The monoisotopic (exact) mass is 258 g/mol. The molecule has 0 saturated carbocycles. The summed E-state index contributed by atoms with van der Waals surface area (Å²) in [5.41, 5.74) is 7.20. The van der Waals surface area contributed by atoms with E-state index in [1.165, 1.54) is 12.1 Å². The van der Waals surface area contributed by atoms with E-state index in [0.717, 1.165) is 5.69 Å². The minimum Gasteiger partial charge on any atom is -0.338 e. The quantitative estimate of drug-likeness (QED) is 0.913. The van der Waals surface area contributed by atoms with Crippen LogP contribution in [0.3, 0.4) is 0 Å². The van der Waals surface area contributed by atoms with Crippen LogP contribution in [0.1, 0.15) is 23.7 Å². The van der Waals surface area contributed by atoms with Crippen molar-refractivity contribution in [3.05, 3.63) is 53.4 Å². The third-order valence-electron chi connectivity index (χ3n) is 3.21. The van der Waals surface area contributed by atoms with Gasteiger partial charge >= 0.3 is 0 Å². The number of hydrogen-bond acceptors (Lipinski definition) is 3. The predicted molar refractivity (Wildman–Crippen MR) is 69.6 cm³/mol. The van der Waals surface area contributed by atoms with Gasteiger partial charge in [0.2, 0.25) is 0 Å². The molecule has 0 amide bonds. The van der Waals surface area contributed by atoms with Crippen molar-refractivity contribution < 1.29 is 4.39 Å². The molecule has 0 saturated heterocycles. The average molecular weight is 258 g/mol. The van der Waals surface area contributed by atoms with E-state index in [1.54, 1.807) is 24.7 Å². The lowest BCUT2D eigenvalue weighted by Crippen LogP contribution is -2.36. The molecule has 1 aromatic carbocycles. The van der Waals surface area contributed by atoms with Gasteiger partial charge in [0.1, 0.15) is 11.9 Å². The van der Waals surface area contributed by atoms with Crippen molar-refractivity contribution in [2.75, 3.05) is 0 Å². The highest BCUT2D eigenvalue weighted by Crippen LogP contribution is 2.24. The van der Waals surface area contributed by atoms with E-state index in [2.05, 4.69) is 4.98 Å². The first-order valence-electron chi connectivity index (χ1n) is 5.88. The molecule has 4 nitrogen and oxygen atoms in total. The minimum atomic E-state index is -0.720. The molecule has 0 aliphatic carbocycles. The Morgan fingerprint density at radius 1 is 1.53 bits per heavy atom. The van der Waals surface area contributed by atoms with Crippen LogP contribution in [0, 0.1) is 17.1 Å². The second-order valence-corrected chi connectivity index (χ2v) is 4.90. The van der Waals surface area contributed by atoms with E-state index in [9.17, 15) is 4.39 Å². The van der Waals surface area contributed by atoms with Crippen LogP contribution >= 0.6 is 0 Å². The number of nitrogens with zero attached hydrogens (tertiary/aromatic N) is 3. The van der Waals surface area contributed by atoms with Crippen molar-refractivity contribution in [1.82, 2.24) is 9.55 Å². The fraction of sp³-hybridized carbons (Fsp3) is 0.286. The Kier molecular flexibility index (Phi) is 3.36. The summed E-state index contributed by atoms with van der Waals surface area (Å²) < 4.78 is 15.5. The lowest BCUT2D eigenvalue weighted by atomic mass is 9.88. The molecule has 0 spiro atoms. The number of hydrogen-bond donors (Lipinski definition) is 1. The summed E-state index contributed by atoms with van der Waals surface area (Å²) in [4.78, 5) is 4.03. The van der Waals surface area contributed by atoms with Crippen LogP contribution in [-0.2, 0) is 19.0 Å². The normalized spacial score (nSPS) is 13.8. The van der Waals surface area contributed by atoms with Gasteiger partial charge in [-0.15, -0.1) is 0 Å². The van der Waals surface area contributed by atoms with Crippen LogP contribution in [0.4, 0.5) is 4.39 Å². The number of imidazole rings is 1. The smallest absolute Gasteiger partial charge is 0.141 e. The van der Waals surface area contributed by atoms with Crippen LogP contribution < -0.4 is 5.73 Å². The summed E-state index contributed by atoms with van der Waals surface area (Å²) in [6.07, 6.45) is 3.98. The van der Waals surface area contributed by atoms with Crippen LogP contribution in [-0.4, -0.2) is 9.55 Å². The van der Waals surface area contributed by atoms with Crippen molar-refractivity contribution in [1.29, 1.82) is 5.26 Å². The Hall–Kier alpha value is -2.19. The molecule has 0 bridgehead atoms. The number of halogens is 1. The first-order valence-corrected chi connectivity index (χ1v) is 5.88. The Morgan fingerprint density at radius 3 is 2.79 bits per heavy atom. The van der Waals surface area contributed by atoms with Gasteiger partial charge in [-0.2, -0.15) is 5.26 Å². The highest BCUT2D eigenvalue weighted by atomic mass is 19.1. The highest BCUT2D eigenvalue weighted by Gasteiger charge is 2.24. The average Bonchev–Trinajstić information content (AvgIpc) is 2.74. The SMILES string of the molecule is Cn1cncc1CC(C)(N)c1ccc(C#N)c(F)c1. The largest absolute Gasteiger partial charge is 0.338 e. The van der Waals surface area contributed by atoms with E-state index in [4.69, 9.17) is 11.0 Å². The minimum absolute atomic E-state index is 0.0279. The molecule has 98 valence electrons. The zero-order chi connectivity index (χ0) is 14.0. The fourth-order valence-corrected chi connectivity index (χ4v) is 1.99.